The standard InChI is InChI=1S/C24H28N6O5/c1-34-24(33)17-3-2-4-18(13-17)26-23(32)21-14-20(5-6-22(21)31)30-16-19(27-28-30)15-25-7-8-29-9-11-35-12-10-29/h2-6,13-14,16,25,31H,7-12,15H2,1H3,(H,26,32). The first-order valence-corrected chi connectivity index (χ1v) is 11.3. The minimum absolute atomic E-state index is 0.0617. The molecule has 1 saturated heterocycles. The number of rotatable bonds is 9. The third-order valence-electron chi connectivity index (χ3n) is 5.59. The van der Waals surface area contributed by atoms with Crippen LogP contribution < -0.4 is 10.6 Å². The second-order valence-electron chi connectivity index (χ2n) is 8.01. The SMILES string of the molecule is COC(=O)c1cccc(NC(=O)c2cc(-n3cc(CNCCN4CCOCC4)nn3)ccc2O)c1. The quantitative estimate of drug-likeness (QED) is 0.307. The zero-order valence-corrected chi connectivity index (χ0v) is 19.4. The molecule has 0 aliphatic carbocycles. The fraction of sp³-hybridized carbons (Fsp3) is 0.333. The van der Waals surface area contributed by atoms with Crippen molar-refractivity contribution in [2.45, 2.75) is 6.54 Å². The number of hydrogen-bond donors (Lipinski definition) is 3. The van der Waals surface area contributed by atoms with E-state index in [4.69, 9.17) is 9.47 Å². The van der Waals surface area contributed by atoms with E-state index in [1.165, 1.54) is 25.3 Å². The Morgan fingerprint density at radius 1 is 1.17 bits per heavy atom. The summed E-state index contributed by atoms with van der Waals surface area (Å²) in [4.78, 5) is 26.9. The zero-order chi connectivity index (χ0) is 24.6. The van der Waals surface area contributed by atoms with Crippen molar-refractivity contribution >= 4 is 17.6 Å². The van der Waals surface area contributed by atoms with E-state index in [9.17, 15) is 14.7 Å². The average molecular weight is 481 g/mol. The predicted octanol–water partition coefficient (Wildman–Crippen LogP) is 1.43. The molecule has 0 spiro atoms. The van der Waals surface area contributed by atoms with Crippen molar-refractivity contribution in [3.8, 4) is 11.4 Å². The van der Waals surface area contributed by atoms with Gasteiger partial charge in [0, 0.05) is 38.4 Å². The summed E-state index contributed by atoms with van der Waals surface area (Å²) in [6.07, 6.45) is 1.77. The van der Waals surface area contributed by atoms with E-state index in [0.717, 1.165) is 45.1 Å². The molecule has 11 heteroatoms. The number of methoxy groups -OCH3 is 1. The van der Waals surface area contributed by atoms with Gasteiger partial charge >= 0.3 is 5.97 Å². The van der Waals surface area contributed by atoms with Crippen molar-refractivity contribution < 1.29 is 24.2 Å². The summed E-state index contributed by atoms with van der Waals surface area (Å²) in [5.41, 5.74) is 2.09. The highest BCUT2D eigenvalue weighted by Gasteiger charge is 2.15. The Hall–Kier alpha value is -3.80. The zero-order valence-electron chi connectivity index (χ0n) is 19.4. The van der Waals surface area contributed by atoms with E-state index in [1.807, 2.05) is 0 Å². The second-order valence-corrected chi connectivity index (χ2v) is 8.01. The van der Waals surface area contributed by atoms with Crippen LogP contribution in [0.3, 0.4) is 0 Å². The Balaban J connectivity index is 1.38. The lowest BCUT2D eigenvalue weighted by molar-refractivity contribution is 0.0384. The molecule has 2 aromatic carbocycles. The molecule has 2 heterocycles. The van der Waals surface area contributed by atoms with E-state index in [1.54, 1.807) is 35.1 Å². The molecule has 35 heavy (non-hydrogen) atoms. The Kier molecular flexibility index (Phi) is 8.03. The van der Waals surface area contributed by atoms with Gasteiger partial charge < -0.3 is 25.2 Å². The van der Waals surface area contributed by atoms with Gasteiger partial charge in [-0.15, -0.1) is 5.10 Å². The Labute approximate surface area is 202 Å². The smallest absolute Gasteiger partial charge is 0.337 e. The number of anilines is 1. The van der Waals surface area contributed by atoms with Gasteiger partial charge in [0.25, 0.3) is 5.91 Å². The molecular weight excluding hydrogens is 452 g/mol. The summed E-state index contributed by atoms with van der Waals surface area (Å²) in [6, 6.07) is 11.0. The molecule has 1 aliphatic rings. The van der Waals surface area contributed by atoms with Crippen LogP contribution in [0.25, 0.3) is 5.69 Å². The van der Waals surface area contributed by atoms with Crippen LogP contribution in [0.5, 0.6) is 5.75 Å². The van der Waals surface area contributed by atoms with Gasteiger partial charge in [-0.2, -0.15) is 0 Å². The maximum atomic E-state index is 12.8. The summed E-state index contributed by atoms with van der Waals surface area (Å²) < 4.78 is 11.6. The minimum Gasteiger partial charge on any atom is -0.507 e. The highest BCUT2D eigenvalue weighted by Crippen LogP contribution is 2.22. The molecule has 0 saturated carbocycles. The molecule has 0 unspecified atom stereocenters. The van der Waals surface area contributed by atoms with Crippen molar-refractivity contribution in [1.82, 2.24) is 25.2 Å². The van der Waals surface area contributed by atoms with Crippen LogP contribution in [-0.2, 0) is 16.0 Å². The van der Waals surface area contributed by atoms with Crippen molar-refractivity contribution in [2.75, 3.05) is 51.8 Å². The molecule has 4 rings (SSSR count). The number of phenols is 1. The Morgan fingerprint density at radius 2 is 2.00 bits per heavy atom. The lowest BCUT2D eigenvalue weighted by Gasteiger charge is -2.26. The molecule has 1 aliphatic heterocycles. The van der Waals surface area contributed by atoms with Gasteiger partial charge in [-0.3, -0.25) is 9.69 Å². The van der Waals surface area contributed by atoms with Gasteiger partial charge in [-0.25, -0.2) is 9.48 Å². The number of esters is 1. The fourth-order valence-corrected chi connectivity index (χ4v) is 3.67. The predicted molar refractivity (Wildman–Crippen MR) is 128 cm³/mol. The molecular formula is C24H28N6O5. The van der Waals surface area contributed by atoms with E-state index >= 15 is 0 Å². The molecule has 0 radical (unpaired) electrons. The first-order chi connectivity index (χ1) is 17.0. The summed E-state index contributed by atoms with van der Waals surface area (Å²) in [5.74, 6) is -1.22. The number of ether oxygens (including phenoxy) is 2. The van der Waals surface area contributed by atoms with Crippen molar-refractivity contribution in [1.29, 1.82) is 0 Å². The Morgan fingerprint density at radius 3 is 2.80 bits per heavy atom. The lowest BCUT2D eigenvalue weighted by atomic mass is 10.1. The molecule has 0 atom stereocenters. The monoisotopic (exact) mass is 480 g/mol. The molecule has 3 N–H and O–H groups in total. The molecule has 1 aromatic heterocycles. The second kappa shape index (κ2) is 11.6. The highest BCUT2D eigenvalue weighted by atomic mass is 16.5. The van der Waals surface area contributed by atoms with Crippen LogP contribution in [-0.4, -0.2) is 83.4 Å². The number of benzene rings is 2. The van der Waals surface area contributed by atoms with Crippen molar-refractivity contribution in [3.63, 3.8) is 0 Å². The van der Waals surface area contributed by atoms with E-state index in [0.29, 0.717) is 23.5 Å². The number of carbonyl (C=O) groups excluding carboxylic acids is 2. The van der Waals surface area contributed by atoms with E-state index < -0.39 is 11.9 Å². The first-order valence-electron chi connectivity index (χ1n) is 11.3. The maximum Gasteiger partial charge on any atom is 0.337 e. The van der Waals surface area contributed by atoms with Gasteiger partial charge in [0.1, 0.15) is 5.75 Å². The highest BCUT2D eigenvalue weighted by molar-refractivity contribution is 6.07. The van der Waals surface area contributed by atoms with Crippen LogP contribution in [0.2, 0.25) is 0 Å². The first kappa shape index (κ1) is 24.3. The minimum atomic E-state index is -0.531. The molecule has 1 fully saturated rings. The number of phenolic OH excluding ortho intramolecular Hbond substituents is 1. The summed E-state index contributed by atoms with van der Waals surface area (Å²) >= 11 is 0. The molecule has 3 aromatic rings. The third kappa shape index (κ3) is 6.41. The average Bonchev–Trinajstić information content (AvgIpc) is 3.36. The molecule has 11 nitrogen and oxygen atoms in total. The number of aromatic hydroxyl groups is 1. The third-order valence-corrected chi connectivity index (χ3v) is 5.59. The van der Waals surface area contributed by atoms with Gasteiger partial charge in [-0.05, 0) is 36.4 Å². The summed E-state index contributed by atoms with van der Waals surface area (Å²) in [7, 11) is 1.29. The largest absolute Gasteiger partial charge is 0.507 e. The van der Waals surface area contributed by atoms with Crippen LogP contribution in [0.15, 0.2) is 48.7 Å². The normalized spacial score (nSPS) is 14.0. The molecule has 184 valence electrons. The fourth-order valence-electron chi connectivity index (χ4n) is 3.67. The van der Waals surface area contributed by atoms with Crippen LogP contribution in [0, 0.1) is 0 Å². The molecule has 0 bridgehead atoms. The van der Waals surface area contributed by atoms with Crippen LogP contribution in [0.1, 0.15) is 26.4 Å². The van der Waals surface area contributed by atoms with Crippen LogP contribution >= 0.6 is 0 Å². The lowest BCUT2D eigenvalue weighted by Crippen LogP contribution is -2.40. The van der Waals surface area contributed by atoms with Crippen molar-refractivity contribution in [2.24, 2.45) is 0 Å². The number of carbonyl (C=O) groups is 2. The van der Waals surface area contributed by atoms with Gasteiger partial charge in [0.05, 0.1) is 49.0 Å². The number of nitrogens with zero attached hydrogens (tertiary/aromatic N) is 4. The number of amides is 1. The summed E-state index contributed by atoms with van der Waals surface area (Å²) in [6.45, 7) is 5.79. The number of nitrogens with one attached hydrogen (secondary N) is 2. The molecule has 1 amide bonds. The maximum absolute atomic E-state index is 12.8. The topological polar surface area (TPSA) is 131 Å². The van der Waals surface area contributed by atoms with Gasteiger partial charge in [0.15, 0.2) is 0 Å². The number of hydrogen-bond acceptors (Lipinski definition) is 9. The van der Waals surface area contributed by atoms with E-state index in [-0.39, 0.29) is 11.3 Å². The number of aromatic nitrogens is 3. The van der Waals surface area contributed by atoms with Crippen LogP contribution in [0.4, 0.5) is 5.69 Å². The Bertz CT molecular complexity index is 1170. The van der Waals surface area contributed by atoms with Gasteiger partial charge in [0.2, 0.25) is 0 Å². The number of morpholine rings is 1. The van der Waals surface area contributed by atoms with Crippen molar-refractivity contribution in [3.05, 3.63) is 65.5 Å². The van der Waals surface area contributed by atoms with Gasteiger partial charge in [-0.1, -0.05) is 11.3 Å². The van der Waals surface area contributed by atoms with E-state index in [2.05, 4.69) is 25.8 Å². The summed E-state index contributed by atoms with van der Waals surface area (Å²) in [5, 5.41) is 24.6.